The van der Waals surface area contributed by atoms with Crippen molar-refractivity contribution < 1.29 is 4.74 Å². The number of halogens is 1. The first-order valence-electron chi connectivity index (χ1n) is 20.1. The lowest BCUT2D eigenvalue weighted by molar-refractivity contribution is 0.125. The molecule has 0 radical (unpaired) electrons. The average molecular weight is 783 g/mol. The molecule has 0 amide bonds. The number of aryl methyl sites for hydroxylation is 4. The van der Waals surface area contributed by atoms with E-state index in [0.29, 0.717) is 29.5 Å². The first-order valence-corrected chi connectivity index (χ1v) is 22.1. The predicted molar refractivity (Wildman–Crippen MR) is 225 cm³/mol. The molecule has 0 aromatic carbocycles. The molecule has 4 aromatic rings. The third-order valence-electron chi connectivity index (χ3n) is 12.0. The molecular weight excluding hydrogens is 722 g/mol. The van der Waals surface area contributed by atoms with Gasteiger partial charge in [-0.1, -0.05) is 0 Å². The van der Waals surface area contributed by atoms with Crippen molar-refractivity contribution in [3.63, 3.8) is 0 Å². The van der Waals surface area contributed by atoms with Crippen molar-refractivity contribution in [2.75, 3.05) is 57.8 Å². The van der Waals surface area contributed by atoms with Crippen molar-refractivity contribution in [1.82, 2.24) is 29.7 Å². The van der Waals surface area contributed by atoms with E-state index in [2.05, 4.69) is 70.8 Å². The molecule has 0 spiro atoms. The molecule has 1 saturated heterocycles. The molecule has 3 N–H and O–H groups in total. The molecule has 3 fully saturated rings. The fourth-order valence-corrected chi connectivity index (χ4v) is 11.6. The van der Waals surface area contributed by atoms with Gasteiger partial charge in [0.25, 0.3) is 0 Å². The molecule has 5 aliphatic rings. The maximum Gasteiger partial charge on any atom is 0.225 e. The number of ether oxygens (including phenoxy) is 1. The zero-order valence-electron chi connectivity index (χ0n) is 32.7. The number of nitrogens with zero attached hydrogens (tertiary/aromatic N) is 6. The van der Waals surface area contributed by atoms with Gasteiger partial charge in [0.2, 0.25) is 11.2 Å². The van der Waals surface area contributed by atoms with E-state index >= 15 is 0 Å². The SMILES string of the molecule is CC1CCCO1.CN(C)C1CCC(Nc2nc(Cl)nc3sc4c(c23)CCC4)CC1.CNc1nc(NC2CCC(N(C)C)CC2)c2c3c(sc2n1)CCC3. The average Bonchev–Trinajstić information content (AvgIpc) is 3.98. The molecular formula is C40H60ClN9OS2. The number of nitrogens with one attached hydrogen (secondary N) is 3. The van der Waals surface area contributed by atoms with Crippen LogP contribution in [0.1, 0.15) is 105 Å². The monoisotopic (exact) mass is 781 g/mol. The lowest BCUT2D eigenvalue weighted by atomic mass is 9.90. The maximum absolute atomic E-state index is 6.17. The fraction of sp³-hybridized carbons (Fsp3) is 0.700. The Bertz CT molecular complexity index is 1820. The second kappa shape index (κ2) is 17.6. The van der Waals surface area contributed by atoms with E-state index in [1.54, 1.807) is 11.3 Å². The molecule has 53 heavy (non-hydrogen) atoms. The Morgan fingerprint density at radius 1 is 0.642 bits per heavy atom. The van der Waals surface area contributed by atoms with Crippen LogP contribution in [-0.4, -0.2) is 102 Å². The Kier molecular flexibility index (Phi) is 12.9. The number of aromatic nitrogens is 4. The molecule has 0 bridgehead atoms. The molecule has 4 aliphatic carbocycles. The van der Waals surface area contributed by atoms with E-state index < -0.39 is 0 Å². The topological polar surface area (TPSA) is 103 Å². The van der Waals surface area contributed by atoms with E-state index in [4.69, 9.17) is 26.3 Å². The van der Waals surface area contributed by atoms with Crippen molar-refractivity contribution in [2.24, 2.45) is 0 Å². The molecule has 1 atom stereocenters. The third kappa shape index (κ3) is 9.21. The van der Waals surface area contributed by atoms with Gasteiger partial charge in [-0.15, -0.1) is 22.7 Å². The van der Waals surface area contributed by atoms with Crippen LogP contribution in [0.25, 0.3) is 20.4 Å². The summed E-state index contributed by atoms with van der Waals surface area (Å²) in [5, 5.41) is 13.5. The molecule has 9 rings (SSSR count). The van der Waals surface area contributed by atoms with Crippen molar-refractivity contribution in [3.8, 4) is 0 Å². The summed E-state index contributed by atoms with van der Waals surface area (Å²) >= 11 is 9.82. The normalized spacial score (nSPS) is 25.2. The summed E-state index contributed by atoms with van der Waals surface area (Å²) in [6.45, 7) is 3.11. The van der Waals surface area contributed by atoms with Gasteiger partial charge in [0, 0.05) is 47.6 Å². The molecule has 1 unspecified atom stereocenters. The summed E-state index contributed by atoms with van der Waals surface area (Å²) in [7, 11) is 10.6. The van der Waals surface area contributed by atoms with Gasteiger partial charge >= 0.3 is 0 Å². The van der Waals surface area contributed by atoms with Crippen LogP contribution in [-0.2, 0) is 30.4 Å². The molecule has 13 heteroatoms. The van der Waals surface area contributed by atoms with Crippen molar-refractivity contribution >= 4 is 72.3 Å². The number of anilines is 3. The van der Waals surface area contributed by atoms with E-state index in [9.17, 15) is 0 Å². The minimum atomic E-state index is 0.363. The second-order valence-electron chi connectivity index (χ2n) is 16.1. The molecule has 290 valence electrons. The van der Waals surface area contributed by atoms with E-state index in [-0.39, 0.29) is 0 Å². The lowest BCUT2D eigenvalue weighted by Gasteiger charge is -2.33. The largest absolute Gasteiger partial charge is 0.379 e. The van der Waals surface area contributed by atoms with E-state index in [0.717, 1.165) is 46.3 Å². The number of hydrogen-bond acceptors (Lipinski definition) is 12. The maximum atomic E-state index is 6.17. The quantitative estimate of drug-likeness (QED) is 0.158. The van der Waals surface area contributed by atoms with Crippen LogP contribution in [0, 0.1) is 0 Å². The molecule has 10 nitrogen and oxygen atoms in total. The Hall–Kier alpha value is -2.35. The molecule has 5 heterocycles. The minimum Gasteiger partial charge on any atom is -0.379 e. The highest BCUT2D eigenvalue weighted by molar-refractivity contribution is 7.19. The number of thiophene rings is 2. The van der Waals surface area contributed by atoms with Gasteiger partial charge in [-0.3, -0.25) is 0 Å². The Morgan fingerprint density at radius 3 is 1.58 bits per heavy atom. The Morgan fingerprint density at radius 2 is 1.15 bits per heavy atom. The summed E-state index contributed by atoms with van der Waals surface area (Å²) in [5.74, 6) is 2.75. The summed E-state index contributed by atoms with van der Waals surface area (Å²) in [4.78, 5) is 28.4. The number of fused-ring (bicyclic) bond motifs is 6. The van der Waals surface area contributed by atoms with E-state index in [1.807, 2.05) is 18.4 Å². The van der Waals surface area contributed by atoms with E-state index in [1.165, 1.54) is 128 Å². The fourth-order valence-electron chi connectivity index (χ4n) is 8.88. The highest BCUT2D eigenvalue weighted by atomic mass is 35.5. The van der Waals surface area contributed by atoms with Gasteiger partial charge in [0.05, 0.1) is 16.9 Å². The predicted octanol–water partition coefficient (Wildman–Crippen LogP) is 8.81. The molecule has 2 saturated carbocycles. The smallest absolute Gasteiger partial charge is 0.225 e. The van der Waals surface area contributed by atoms with Gasteiger partial charge in [0.1, 0.15) is 21.3 Å². The first-order chi connectivity index (χ1) is 25.7. The summed E-state index contributed by atoms with van der Waals surface area (Å²) in [6.07, 6.45) is 20.2. The highest BCUT2D eigenvalue weighted by Gasteiger charge is 2.28. The Labute approximate surface area is 329 Å². The van der Waals surface area contributed by atoms with Crippen LogP contribution in [0.3, 0.4) is 0 Å². The molecule has 1 aliphatic heterocycles. The van der Waals surface area contributed by atoms with Gasteiger partial charge in [-0.2, -0.15) is 4.98 Å². The van der Waals surface area contributed by atoms with Gasteiger partial charge in [-0.25, -0.2) is 15.0 Å². The van der Waals surface area contributed by atoms with Gasteiger partial charge < -0.3 is 30.5 Å². The van der Waals surface area contributed by atoms with Crippen molar-refractivity contribution in [3.05, 3.63) is 26.2 Å². The molecule has 4 aromatic heterocycles. The van der Waals surface area contributed by atoms with Gasteiger partial charge in [0.15, 0.2) is 0 Å². The third-order valence-corrected chi connectivity index (χ3v) is 14.6. The lowest BCUT2D eigenvalue weighted by Crippen LogP contribution is -2.36. The van der Waals surface area contributed by atoms with Crippen molar-refractivity contribution in [2.45, 2.75) is 140 Å². The second-order valence-corrected chi connectivity index (χ2v) is 18.6. The zero-order valence-corrected chi connectivity index (χ0v) is 35.1. The van der Waals surface area contributed by atoms with Crippen LogP contribution >= 0.6 is 34.3 Å². The zero-order chi connectivity index (χ0) is 37.1. The van der Waals surface area contributed by atoms with Crippen molar-refractivity contribution in [1.29, 1.82) is 0 Å². The standard InChI is InChI=1S/C18H27N5S.C17H23ClN4S.C5H10O/c1-19-18-21-16(20-11-7-9-12(10-8-11)23(2)3)15-13-5-4-6-14(13)24-17(15)22-18;1-22(2)11-8-6-10(7-9-11)19-15-14-12-4-3-5-13(12)23-16(14)21-17(18)20-15;1-5-3-2-4-6-5/h11-12H,4-10H2,1-3H3,(H2,19,20,21,22);10-11H,3-9H2,1-2H3,(H,19,20,21);5H,2-4H2,1H3. The number of hydrogen-bond donors (Lipinski definition) is 3. The summed E-state index contributed by atoms with van der Waals surface area (Å²) in [5.41, 5.74) is 2.97. The number of rotatable bonds is 7. The summed E-state index contributed by atoms with van der Waals surface area (Å²) in [6, 6.07) is 2.47. The van der Waals surface area contributed by atoms with Crippen LogP contribution in [0.15, 0.2) is 0 Å². The first kappa shape index (κ1) is 38.9. The Balaban J connectivity index is 0.000000142. The summed E-state index contributed by atoms with van der Waals surface area (Å²) < 4.78 is 5.15. The van der Waals surface area contributed by atoms with Gasteiger partial charge in [-0.05, 0) is 161 Å². The minimum absolute atomic E-state index is 0.363. The van der Waals surface area contributed by atoms with Crippen LogP contribution < -0.4 is 16.0 Å². The van der Waals surface area contributed by atoms with Crippen LogP contribution in [0.4, 0.5) is 17.6 Å². The highest BCUT2D eigenvalue weighted by Crippen LogP contribution is 2.42. The van der Waals surface area contributed by atoms with Crippen LogP contribution in [0.5, 0.6) is 0 Å². The van der Waals surface area contributed by atoms with Crippen LogP contribution in [0.2, 0.25) is 5.28 Å².